The zero-order valence-corrected chi connectivity index (χ0v) is 47.1. The van der Waals surface area contributed by atoms with Gasteiger partial charge in [-0.1, -0.05) is 47.0 Å². The van der Waals surface area contributed by atoms with E-state index in [1.165, 1.54) is 146 Å². The number of halogens is 2. The summed E-state index contributed by atoms with van der Waals surface area (Å²) >= 11 is 2.50. The summed E-state index contributed by atoms with van der Waals surface area (Å²) in [6.45, 7) is 0. The molecular weight excluding hydrogens is 1200 g/mol. The number of benzene rings is 8. The Morgan fingerprint density at radius 2 is 0.443 bits per heavy atom. The van der Waals surface area contributed by atoms with Gasteiger partial charge in [0.15, 0.2) is 0 Å². The molecule has 0 saturated heterocycles. The maximum atomic E-state index is 12.1. The Balaban J connectivity index is 0.00000268. The number of fused-ring (bicyclic) bond motifs is 8. The summed E-state index contributed by atoms with van der Waals surface area (Å²) < 4.78 is 0. The number of aromatic hydroxyl groups is 4. The molecular formula is C48H28Cl2N12O12S4Zn. The SMILES string of the molecule is O=[N+]([O-])c1ccc(N=Nc2cc3c(O)c(c2)Sc2cc(N=Nc4ccc([N+](=O)[O-])cc4)cc(c2O)Sc2cc(N=Nc4ccc([N+](=O)[O-])cc4)cc(c2O)Sc2cc(N=Nc4ccc([N+](=O)[O-])cc4)cc(c2O)S3)cc1.[Cl][Zn][Cl]. The second-order valence-electron chi connectivity index (χ2n) is 15.6. The Kier molecular flexibility index (Phi) is 18.5. The van der Waals surface area contributed by atoms with Crippen LogP contribution in [0.2, 0.25) is 0 Å². The van der Waals surface area contributed by atoms with Crippen molar-refractivity contribution in [2.24, 2.45) is 40.9 Å². The van der Waals surface area contributed by atoms with Crippen LogP contribution < -0.4 is 0 Å². The van der Waals surface area contributed by atoms with Crippen molar-refractivity contribution in [3.8, 4) is 23.0 Å². The van der Waals surface area contributed by atoms with Gasteiger partial charge in [-0.25, -0.2) is 0 Å². The molecule has 392 valence electrons. The molecule has 0 aliphatic carbocycles. The van der Waals surface area contributed by atoms with Crippen LogP contribution in [0.3, 0.4) is 0 Å². The number of phenols is 4. The summed E-state index contributed by atoms with van der Waals surface area (Å²) in [7, 11) is 9.90. The molecule has 0 saturated carbocycles. The Morgan fingerprint density at radius 3 is 0.582 bits per heavy atom. The topological polar surface area (TPSA) is 352 Å². The molecule has 0 radical (unpaired) electrons. The van der Waals surface area contributed by atoms with Gasteiger partial charge >= 0.3 is 34.5 Å². The van der Waals surface area contributed by atoms with Crippen LogP contribution in [0.1, 0.15) is 0 Å². The first kappa shape index (κ1) is 56.8. The Bertz CT molecular complexity index is 3230. The van der Waals surface area contributed by atoms with E-state index in [-0.39, 0.29) is 130 Å². The second kappa shape index (κ2) is 25.8. The molecule has 0 fully saturated rings. The van der Waals surface area contributed by atoms with E-state index < -0.39 is 34.8 Å². The summed E-state index contributed by atoms with van der Waals surface area (Å²) in [6, 6.07) is 32.7. The fourth-order valence-corrected chi connectivity index (χ4v) is 10.9. The third-order valence-electron chi connectivity index (χ3n) is 10.3. The molecule has 8 bridgehead atoms. The molecule has 4 N–H and O–H groups in total. The van der Waals surface area contributed by atoms with Gasteiger partial charge in [0.05, 0.1) is 104 Å². The molecule has 1 aliphatic rings. The van der Waals surface area contributed by atoms with E-state index in [0.717, 1.165) is 47.0 Å². The normalized spacial score (nSPS) is 12.1. The maximum absolute atomic E-state index is 12.1. The van der Waals surface area contributed by atoms with Crippen molar-refractivity contribution in [1.29, 1.82) is 0 Å². The Morgan fingerprint density at radius 1 is 0.304 bits per heavy atom. The quantitative estimate of drug-likeness (QED) is 0.0382. The van der Waals surface area contributed by atoms with Crippen LogP contribution >= 0.6 is 66.4 Å². The number of nitrogens with zero attached hydrogens (tertiary/aromatic N) is 12. The monoisotopic (exact) mass is 1230 g/mol. The second-order valence-corrected chi connectivity index (χ2v) is 24.5. The van der Waals surface area contributed by atoms with Crippen molar-refractivity contribution < 1.29 is 55.3 Å². The van der Waals surface area contributed by atoms with Gasteiger partial charge in [-0.2, -0.15) is 40.9 Å². The molecule has 8 aromatic carbocycles. The van der Waals surface area contributed by atoms with E-state index in [2.05, 4.69) is 40.9 Å². The van der Waals surface area contributed by atoms with Crippen LogP contribution in [0.25, 0.3) is 0 Å². The number of nitro groups is 4. The van der Waals surface area contributed by atoms with Crippen LogP contribution in [0.5, 0.6) is 23.0 Å². The number of phenolic OH excluding ortho intramolecular Hbond substituents is 4. The van der Waals surface area contributed by atoms with Crippen molar-refractivity contribution >= 4 is 135 Å². The molecule has 31 heteroatoms. The van der Waals surface area contributed by atoms with Crippen molar-refractivity contribution in [3.63, 3.8) is 0 Å². The first-order valence-corrected chi connectivity index (χ1v) is 33.0. The molecule has 24 nitrogen and oxygen atoms in total. The minimum absolute atomic E-state index is 0.0901. The van der Waals surface area contributed by atoms with Gasteiger partial charge in [0.1, 0.15) is 23.0 Å². The molecule has 8 aromatic rings. The number of azo groups is 4. The molecule has 1 aliphatic heterocycles. The minimum atomic E-state index is -0.931. The van der Waals surface area contributed by atoms with E-state index in [1.807, 2.05) is 0 Å². The summed E-state index contributed by atoms with van der Waals surface area (Å²) in [4.78, 5) is 43.7. The predicted molar refractivity (Wildman–Crippen MR) is 290 cm³/mol. The number of hydrogen-bond acceptors (Lipinski definition) is 24. The average molecular weight is 1230 g/mol. The van der Waals surface area contributed by atoms with Crippen LogP contribution in [-0.4, -0.2) is 40.1 Å². The van der Waals surface area contributed by atoms with Crippen molar-refractivity contribution in [3.05, 3.63) is 186 Å². The summed E-state index contributed by atoms with van der Waals surface area (Å²) in [5.74, 6) is -1.39. The molecule has 0 unspecified atom stereocenters. The molecule has 0 spiro atoms. The van der Waals surface area contributed by atoms with Gasteiger partial charge in [0.25, 0.3) is 22.7 Å². The van der Waals surface area contributed by atoms with Crippen molar-refractivity contribution in [1.82, 2.24) is 0 Å². The van der Waals surface area contributed by atoms with Crippen LogP contribution in [0.4, 0.5) is 68.2 Å². The number of rotatable bonds is 12. The fraction of sp³-hybridized carbons (Fsp3) is 0. The Labute approximate surface area is 475 Å². The zero-order chi connectivity index (χ0) is 56.3. The molecule has 1 heterocycles. The zero-order valence-electron chi connectivity index (χ0n) is 39.4. The molecule has 0 aromatic heterocycles. The van der Waals surface area contributed by atoms with E-state index >= 15 is 0 Å². The van der Waals surface area contributed by atoms with Crippen LogP contribution in [0.15, 0.2) is 226 Å². The number of hydrogen-bond donors (Lipinski definition) is 4. The summed E-state index contributed by atoms with van der Waals surface area (Å²) in [5.41, 5.74) is 0.855. The van der Waals surface area contributed by atoms with Gasteiger partial charge in [-0.15, -0.1) is 0 Å². The summed E-state index contributed by atoms with van der Waals surface area (Å²) in [5, 5.41) is 128. The predicted octanol–water partition coefficient (Wildman–Crippen LogP) is 18.1. The third-order valence-corrected chi connectivity index (χ3v) is 14.6. The van der Waals surface area contributed by atoms with Crippen LogP contribution in [0, 0.1) is 40.5 Å². The molecule has 0 atom stereocenters. The average Bonchev–Trinajstić information content (AvgIpc) is 3.43. The van der Waals surface area contributed by atoms with Gasteiger partial charge in [-0.05, 0) is 97.1 Å². The number of non-ortho nitro benzene ring substituents is 4. The standard InChI is InChI=1S/C48H28N12O12S4.2ClH.Zn/c61-45-37-17-29(53-49-25-1-9-33(10-2-25)57(65)66)18-38(45)74-40-20-31(55-51-27-5-13-35(14-6-27)59(69)70)22-42(47(40)63)76-44-24-32(56-52-28-7-15-36(16-8-28)60(71)72)23-43(48(44)64)75-41-21-30(19-39(73-37)46(41)62)54-50-26-3-11-34(12-4-26)58(67)68;;;/h1-24,61-64H;2*1H;/q;;;+2/p-2. The third kappa shape index (κ3) is 14.6. The van der Waals surface area contributed by atoms with E-state index in [9.17, 15) is 60.9 Å². The van der Waals surface area contributed by atoms with Gasteiger partial charge in [0.2, 0.25) is 0 Å². The van der Waals surface area contributed by atoms with Gasteiger partial charge < -0.3 is 20.4 Å². The summed E-state index contributed by atoms with van der Waals surface area (Å²) in [6.07, 6.45) is 0. The Hall–Kier alpha value is -8.44. The van der Waals surface area contributed by atoms with Crippen LogP contribution in [-0.2, 0) is 15.1 Å². The molecule has 0 amide bonds. The number of nitro benzene ring substituents is 4. The van der Waals surface area contributed by atoms with E-state index in [1.54, 1.807) is 0 Å². The molecule has 79 heavy (non-hydrogen) atoms. The first-order chi connectivity index (χ1) is 37.9. The van der Waals surface area contributed by atoms with Gasteiger partial charge in [0, 0.05) is 48.5 Å². The van der Waals surface area contributed by atoms with Crippen molar-refractivity contribution in [2.45, 2.75) is 39.2 Å². The van der Waals surface area contributed by atoms with Gasteiger partial charge in [-0.3, -0.25) is 40.5 Å². The van der Waals surface area contributed by atoms with Crippen molar-refractivity contribution in [2.75, 3.05) is 0 Å². The van der Waals surface area contributed by atoms with E-state index in [4.69, 9.17) is 19.4 Å². The fourth-order valence-electron chi connectivity index (χ4n) is 6.63. The molecule has 9 rings (SSSR count). The first-order valence-electron chi connectivity index (χ1n) is 21.9. The van der Waals surface area contributed by atoms with E-state index in [0.29, 0.717) is 0 Å².